The Morgan fingerprint density at radius 2 is 1.48 bits per heavy atom. The minimum atomic E-state index is -0.673. The lowest BCUT2D eigenvalue weighted by Crippen LogP contribution is -2.38. The molecule has 0 aliphatic carbocycles. The lowest BCUT2D eigenvalue weighted by molar-refractivity contribution is -0.384. The van der Waals surface area contributed by atoms with Crippen LogP contribution in [-0.4, -0.2) is 21.8 Å². The molecule has 0 bridgehead atoms. The van der Waals surface area contributed by atoms with Crippen LogP contribution in [0.5, 0.6) is 0 Å². The average molecular weight is 409 g/mol. The van der Waals surface area contributed by atoms with E-state index in [4.69, 9.17) is 0 Å². The Morgan fingerprint density at radius 3 is 2.03 bits per heavy atom. The first-order valence-electron chi connectivity index (χ1n) is 9.46. The molecule has 6 heteroatoms. The maximum absolute atomic E-state index is 11.0. The Bertz CT molecular complexity index is 904. The molecule has 0 spiro atoms. The molecule has 3 atom stereocenters. The Hall–Kier alpha value is -2.67. The zero-order valence-electron chi connectivity index (χ0n) is 16.1. The molecule has 0 unspecified atom stereocenters. The highest BCUT2D eigenvalue weighted by molar-refractivity contribution is 7.99. The quantitative estimate of drug-likeness (QED) is 0.291. The number of benzene rings is 3. The Kier molecular flexibility index (Phi) is 7.41. The maximum atomic E-state index is 11.0. The first-order valence-corrected chi connectivity index (χ1v) is 10.4. The van der Waals surface area contributed by atoms with Crippen LogP contribution >= 0.6 is 11.8 Å². The largest absolute Gasteiger partial charge is 0.387 e. The molecule has 0 aromatic heterocycles. The number of nitrogens with zero attached hydrogens (tertiary/aromatic N) is 1. The van der Waals surface area contributed by atoms with Crippen molar-refractivity contribution in [3.63, 3.8) is 0 Å². The van der Waals surface area contributed by atoms with E-state index in [0.717, 1.165) is 16.0 Å². The van der Waals surface area contributed by atoms with Gasteiger partial charge in [0, 0.05) is 34.9 Å². The van der Waals surface area contributed by atoms with Gasteiger partial charge in [-0.05, 0) is 30.2 Å². The molecule has 0 saturated carbocycles. The molecule has 150 valence electrons. The summed E-state index contributed by atoms with van der Waals surface area (Å²) in [6, 6.07) is 26.1. The van der Waals surface area contributed by atoms with Crippen LogP contribution in [0.2, 0.25) is 0 Å². The number of thioether (sulfide) groups is 1. The summed E-state index contributed by atoms with van der Waals surface area (Å²) in [6.07, 6.45) is -0.673. The summed E-state index contributed by atoms with van der Waals surface area (Å²) in [7, 11) is 0. The van der Waals surface area contributed by atoms with Gasteiger partial charge in [-0.2, -0.15) is 0 Å². The fraction of sp³-hybridized carbons (Fsp3) is 0.217. The second kappa shape index (κ2) is 10.2. The number of nitro groups is 1. The molecule has 3 aromatic carbocycles. The third kappa shape index (κ3) is 5.90. The lowest BCUT2D eigenvalue weighted by atomic mass is 10.0. The van der Waals surface area contributed by atoms with Gasteiger partial charge in [-0.3, -0.25) is 10.1 Å². The van der Waals surface area contributed by atoms with Crippen LogP contribution in [0.15, 0.2) is 89.8 Å². The van der Waals surface area contributed by atoms with Gasteiger partial charge in [0.25, 0.3) is 5.69 Å². The van der Waals surface area contributed by atoms with E-state index in [0.29, 0.717) is 5.75 Å². The van der Waals surface area contributed by atoms with E-state index in [1.165, 1.54) is 12.1 Å². The molecule has 0 amide bonds. The molecule has 0 heterocycles. The van der Waals surface area contributed by atoms with E-state index in [1.807, 2.05) is 48.5 Å². The van der Waals surface area contributed by atoms with Gasteiger partial charge in [-0.1, -0.05) is 60.7 Å². The fourth-order valence-electron chi connectivity index (χ4n) is 3.12. The summed E-state index contributed by atoms with van der Waals surface area (Å²) in [5, 5.41) is 25.4. The van der Waals surface area contributed by atoms with Crippen molar-refractivity contribution in [1.29, 1.82) is 0 Å². The van der Waals surface area contributed by atoms with Gasteiger partial charge in [0.15, 0.2) is 0 Å². The standard InChI is InChI=1S/C23H24N2O3S/c1-17(18-8-4-2-5-9-18)24-22(23(26)19-10-6-3-7-11-19)16-29-21-14-12-20(13-15-21)25(27)28/h2-15,17,22-24,26H,16H2,1H3/t17-,22+,23+/m0/s1. The maximum Gasteiger partial charge on any atom is 0.269 e. The minimum Gasteiger partial charge on any atom is -0.387 e. The summed E-state index contributed by atoms with van der Waals surface area (Å²) < 4.78 is 0. The van der Waals surface area contributed by atoms with Gasteiger partial charge < -0.3 is 10.4 Å². The van der Waals surface area contributed by atoms with Gasteiger partial charge in [-0.15, -0.1) is 11.8 Å². The van der Waals surface area contributed by atoms with E-state index in [2.05, 4.69) is 24.4 Å². The van der Waals surface area contributed by atoms with Crippen molar-refractivity contribution >= 4 is 17.4 Å². The van der Waals surface area contributed by atoms with E-state index >= 15 is 0 Å². The molecule has 0 fully saturated rings. The number of nitro benzene ring substituents is 1. The molecule has 2 N–H and O–H groups in total. The van der Waals surface area contributed by atoms with Crippen LogP contribution in [0.1, 0.15) is 30.2 Å². The number of aliphatic hydroxyl groups excluding tert-OH is 1. The van der Waals surface area contributed by atoms with Crippen molar-refractivity contribution in [2.45, 2.75) is 30.0 Å². The van der Waals surface area contributed by atoms with Crippen molar-refractivity contribution in [3.8, 4) is 0 Å². The van der Waals surface area contributed by atoms with Crippen molar-refractivity contribution in [2.75, 3.05) is 5.75 Å². The molecule has 29 heavy (non-hydrogen) atoms. The third-order valence-electron chi connectivity index (χ3n) is 4.76. The molecule has 0 radical (unpaired) electrons. The molecule has 0 saturated heterocycles. The smallest absolute Gasteiger partial charge is 0.269 e. The van der Waals surface area contributed by atoms with Crippen molar-refractivity contribution < 1.29 is 10.0 Å². The molecule has 5 nitrogen and oxygen atoms in total. The number of non-ortho nitro benzene ring substituents is 1. The summed E-state index contributed by atoms with van der Waals surface area (Å²) >= 11 is 1.56. The third-order valence-corrected chi connectivity index (χ3v) is 5.89. The Balaban J connectivity index is 1.73. The SMILES string of the molecule is C[C@H](N[C@H](CSc1ccc([N+](=O)[O-])cc1)[C@H](O)c1ccccc1)c1ccccc1. The Labute approximate surface area is 174 Å². The molecule has 0 aliphatic heterocycles. The second-order valence-corrected chi connectivity index (χ2v) is 7.92. The van der Waals surface area contributed by atoms with E-state index < -0.39 is 11.0 Å². The van der Waals surface area contributed by atoms with Crippen LogP contribution in [0.25, 0.3) is 0 Å². The monoisotopic (exact) mass is 408 g/mol. The van der Waals surface area contributed by atoms with Gasteiger partial charge in [0.05, 0.1) is 11.0 Å². The average Bonchev–Trinajstić information content (AvgIpc) is 2.77. The fourth-order valence-corrected chi connectivity index (χ4v) is 4.10. The van der Waals surface area contributed by atoms with Gasteiger partial charge >= 0.3 is 0 Å². The molecule has 3 aromatic rings. The number of aliphatic hydroxyl groups is 1. The van der Waals surface area contributed by atoms with Crippen molar-refractivity contribution in [3.05, 3.63) is 106 Å². The highest BCUT2D eigenvalue weighted by Gasteiger charge is 2.23. The summed E-state index contributed by atoms with van der Waals surface area (Å²) in [6.45, 7) is 2.08. The first-order chi connectivity index (χ1) is 14.0. The van der Waals surface area contributed by atoms with E-state index in [9.17, 15) is 15.2 Å². The molecule has 0 aliphatic rings. The van der Waals surface area contributed by atoms with Crippen LogP contribution in [0.4, 0.5) is 5.69 Å². The van der Waals surface area contributed by atoms with Gasteiger partial charge in [0.2, 0.25) is 0 Å². The summed E-state index contributed by atoms with van der Waals surface area (Å²) in [5.74, 6) is 0.616. The van der Waals surface area contributed by atoms with Crippen LogP contribution in [0, 0.1) is 10.1 Å². The van der Waals surface area contributed by atoms with E-state index in [1.54, 1.807) is 23.9 Å². The minimum absolute atomic E-state index is 0.0667. The van der Waals surface area contributed by atoms with Crippen LogP contribution < -0.4 is 5.32 Å². The van der Waals surface area contributed by atoms with Crippen LogP contribution in [0.3, 0.4) is 0 Å². The van der Waals surface area contributed by atoms with Crippen LogP contribution in [-0.2, 0) is 0 Å². The van der Waals surface area contributed by atoms with Gasteiger partial charge in [-0.25, -0.2) is 0 Å². The number of nitrogens with one attached hydrogen (secondary N) is 1. The van der Waals surface area contributed by atoms with Crippen molar-refractivity contribution in [2.24, 2.45) is 0 Å². The van der Waals surface area contributed by atoms with Crippen molar-refractivity contribution in [1.82, 2.24) is 5.32 Å². The molecule has 3 rings (SSSR count). The topological polar surface area (TPSA) is 75.4 Å². The van der Waals surface area contributed by atoms with Gasteiger partial charge in [0.1, 0.15) is 0 Å². The predicted molar refractivity (Wildman–Crippen MR) is 117 cm³/mol. The van der Waals surface area contributed by atoms with E-state index in [-0.39, 0.29) is 17.8 Å². The lowest BCUT2D eigenvalue weighted by Gasteiger charge is -2.28. The second-order valence-electron chi connectivity index (χ2n) is 6.82. The highest BCUT2D eigenvalue weighted by atomic mass is 32.2. The zero-order valence-corrected chi connectivity index (χ0v) is 17.0. The molecular weight excluding hydrogens is 384 g/mol. The molecular formula is C23H24N2O3S. The predicted octanol–water partition coefficient (Wildman–Crippen LogP) is 5.14. The highest BCUT2D eigenvalue weighted by Crippen LogP contribution is 2.27. The number of rotatable bonds is 9. The normalized spacial score (nSPS) is 14.1. The number of hydrogen-bond donors (Lipinski definition) is 2. The summed E-state index contributed by atoms with van der Waals surface area (Å²) in [5.41, 5.74) is 2.08. The first kappa shape index (κ1) is 21.0. The number of hydrogen-bond acceptors (Lipinski definition) is 5. The summed E-state index contributed by atoms with van der Waals surface area (Å²) in [4.78, 5) is 11.4. The zero-order chi connectivity index (χ0) is 20.6. The Morgan fingerprint density at radius 1 is 0.931 bits per heavy atom.